The Bertz CT molecular complexity index is 355. The Kier molecular flexibility index (Phi) is 4.50. The molecule has 2 rings (SSSR count). The second-order valence-corrected chi connectivity index (χ2v) is 4.37. The topological polar surface area (TPSA) is 126 Å². The second-order valence-electron chi connectivity index (χ2n) is 4.37. The first-order chi connectivity index (χ1) is 9.02. The van der Waals surface area contributed by atoms with E-state index in [0.717, 1.165) is 0 Å². The Balaban J connectivity index is 1.88. The number of rotatable bonds is 4. The highest BCUT2D eigenvalue weighted by Gasteiger charge is 2.44. The van der Waals surface area contributed by atoms with E-state index in [1.54, 1.807) is 0 Å². The summed E-state index contributed by atoms with van der Waals surface area (Å²) in [5.74, 6) is -0.484. The lowest BCUT2D eigenvalue weighted by atomic mass is 9.99. The van der Waals surface area contributed by atoms with Crippen molar-refractivity contribution in [2.24, 2.45) is 0 Å². The zero-order valence-corrected chi connectivity index (χ0v) is 9.95. The normalized spacial score (nSPS) is 42.4. The standard InChI is InChI=1S/C11H16O8/c12-3-6-8(14)9(15)10(16)11(19-6)17-4-5-1-2-7(13)18-5/h1-2,5-6,8-12,14-16H,3-4H2/t5-,6-,8-,9+,10-,11-/m1/s1. The van der Waals surface area contributed by atoms with Crippen molar-refractivity contribution in [3.8, 4) is 0 Å². The van der Waals surface area contributed by atoms with Crippen LogP contribution in [0.3, 0.4) is 0 Å². The molecule has 2 heterocycles. The Morgan fingerprint density at radius 3 is 2.53 bits per heavy atom. The van der Waals surface area contributed by atoms with Gasteiger partial charge in [-0.05, 0) is 6.08 Å². The van der Waals surface area contributed by atoms with Crippen molar-refractivity contribution in [2.75, 3.05) is 13.2 Å². The highest BCUT2D eigenvalue weighted by atomic mass is 16.7. The zero-order valence-electron chi connectivity index (χ0n) is 9.95. The summed E-state index contributed by atoms with van der Waals surface area (Å²) in [7, 11) is 0. The minimum atomic E-state index is -1.49. The predicted octanol–water partition coefficient (Wildman–Crippen LogP) is -2.72. The van der Waals surface area contributed by atoms with Crippen LogP contribution in [-0.4, -0.2) is 76.4 Å². The third-order valence-electron chi connectivity index (χ3n) is 2.99. The smallest absolute Gasteiger partial charge is 0.331 e. The lowest BCUT2D eigenvalue weighted by Gasteiger charge is -2.39. The number of aliphatic hydroxyl groups is 4. The Hall–Kier alpha value is -1.03. The van der Waals surface area contributed by atoms with E-state index >= 15 is 0 Å². The van der Waals surface area contributed by atoms with E-state index in [2.05, 4.69) is 0 Å². The summed E-state index contributed by atoms with van der Waals surface area (Å²) in [4.78, 5) is 10.8. The fourth-order valence-corrected chi connectivity index (χ4v) is 1.90. The zero-order chi connectivity index (χ0) is 14.0. The predicted molar refractivity (Wildman–Crippen MR) is 58.7 cm³/mol. The summed E-state index contributed by atoms with van der Waals surface area (Å²) in [6, 6.07) is 0. The molecule has 0 amide bonds. The fraction of sp³-hybridized carbons (Fsp3) is 0.727. The lowest BCUT2D eigenvalue weighted by molar-refractivity contribution is -0.303. The summed E-state index contributed by atoms with van der Waals surface area (Å²) >= 11 is 0. The van der Waals surface area contributed by atoms with Crippen molar-refractivity contribution >= 4 is 5.97 Å². The number of cyclic esters (lactones) is 1. The summed E-state index contributed by atoms with van der Waals surface area (Å²) in [6.45, 7) is -0.589. The Labute approximate surface area is 108 Å². The van der Waals surface area contributed by atoms with Crippen LogP contribution in [-0.2, 0) is 19.0 Å². The summed E-state index contributed by atoms with van der Waals surface area (Å²) < 4.78 is 15.1. The molecule has 0 unspecified atom stereocenters. The first-order valence-corrected chi connectivity index (χ1v) is 5.84. The molecule has 0 spiro atoms. The van der Waals surface area contributed by atoms with Crippen LogP contribution in [0.25, 0.3) is 0 Å². The van der Waals surface area contributed by atoms with Crippen LogP contribution in [0.2, 0.25) is 0 Å². The molecule has 1 saturated heterocycles. The van der Waals surface area contributed by atoms with E-state index in [1.165, 1.54) is 12.2 Å². The van der Waals surface area contributed by atoms with E-state index in [1.807, 2.05) is 0 Å². The lowest BCUT2D eigenvalue weighted by Crippen LogP contribution is -2.59. The molecule has 8 nitrogen and oxygen atoms in total. The van der Waals surface area contributed by atoms with Gasteiger partial charge in [0.05, 0.1) is 13.2 Å². The molecule has 0 aromatic heterocycles. The minimum Gasteiger partial charge on any atom is -0.452 e. The van der Waals surface area contributed by atoms with Gasteiger partial charge in [-0.3, -0.25) is 0 Å². The highest BCUT2D eigenvalue weighted by Crippen LogP contribution is 2.22. The van der Waals surface area contributed by atoms with E-state index in [4.69, 9.17) is 19.3 Å². The van der Waals surface area contributed by atoms with Crippen LogP contribution in [0.5, 0.6) is 0 Å². The van der Waals surface area contributed by atoms with Crippen molar-refractivity contribution in [3.63, 3.8) is 0 Å². The molecule has 1 fully saturated rings. The number of esters is 1. The van der Waals surface area contributed by atoms with Crippen LogP contribution < -0.4 is 0 Å². The molecular weight excluding hydrogens is 260 g/mol. The molecule has 2 aliphatic heterocycles. The average molecular weight is 276 g/mol. The monoisotopic (exact) mass is 276 g/mol. The molecule has 2 aliphatic rings. The van der Waals surface area contributed by atoms with Crippen LogP contribution in [0.15, 0.2) is 12.2 Å². The number of ether oxygens (including phenoxy) is 3. The molecule has 0 aromatic carbocycles. The number of carbonyl (C=O) groups is 1. The largest absolute Gasteiger partial charge is 0.452 e. The summed E-state index contributed by atoms with van der Waals surface area (Å²) in [5.41, 5.74) is 0. The molecule has 0 radical (unpaired) electrons. The Morgan fingerprint density at radius 1 is 1.21 bits per heavy atom. The molecule has 0 saturated carbocycles. The fourth-order valence-electron chi connectivity index (χ4n) is 1.90. The van der Waals surface area contributed by atoms with E-state index < -0.39 is 49.4 Å². The van der Waals surface area contributed by atoms with Gasteiger partial charge in [0.25, 0.3) is 0 Å². The van der Waals surface area contributed by atoms with Gasteiger partial charge in [-0.2, -0.15) is 0 Å². The van der Waals surface area contributed by atoms with Crippen molar-refractivity contribution in [1.29, 1.82) is 0 Å². The third kappa shape index (κ3) is 3.11. The van der Waals surface area contributed by atoms with Crippen LogP contribution in [0, 0.1) is 0 Å². The number of aliphatic hydroxyl groups excluding tert-OH is 4. The molecule has 0 bridgehead atoms. The molecular formula is C11H16O8. The maximum atomic E-state index is 10.8. The molecule has 8 heteroatoms. The van der Waals surface area contributed by atoms with Crippen LogP contribution >= 0.6 is 0 Å². The number of hydrogen-bond acceptors (Lipinski definition) is 8. The van der Waals surface area contributed by atoms with Crippen molar-refractivity contribution in [3.05, 3.63) is 12.2 Å². The molecule has 0 aromatic rings. The van der Waals surface area contributed by atoms with Crippen molar-refractivity contribution in [1.82, 2.24) is 0 Å². The maximum absolute atomic E-state index is 10.8. The van der Waals surface area contributed by atoms with Crippen molar-refractivity contribution < 1.29 is 39.4 Å². The van der Waals surface area contributed by atoms with Gasteiger partial charge in [0.2, 0.25) is 0 Å². The van der Waals surface area contributed by atoms with E-state index in [9.17, 15) is 20.1 Å². The first kappa shape index (κ1) is 14.4. The van der Waals surface area contributed by atoms with Gasteiger partial charge in [-0.25, -0.2) is 4.79 Å². The quantitative estimate of drug-likeness (QED) is 0.408. The number of carbonyl (C=O) groups excluding carboxylic acids is 1. The summed E-state index contributed by atoms with van der Waals surface area (Å²) in [6.07, 6.45) is -4.46. The third-order valence-corrected chi connectivity index (χ3v) is 2.99. The van der Waals surface area contributed by atoms with Crippen molar-refractivity contribution in [2.45, 2.75) is 36.8 Å². The number of hydrogen-bond donors (Lipinski definition) is 4. The van der Waals surface area contributed by atoms with Gasteiger partial charge in [0, 0.05) is 6.08 Å². The van der Waals surface area contributed by atoms with Gasteiger partial charge < -0.3 is 34.6 Å². The first-order valence-electron chi connectivity index (χ1n) is 5.84. The Morgan fingerprint density at radius 2 is 1.95 bits per heavy atom. The summed E-state index contributed by atoms with van der Waals surface area (Å²) in [5, 5.41) is 37.8. The van der Waals surface area contributed by atoms with Gasteiger partial charge in [-0.1, -0.05) is 0 Å². The molecule has 4 N–H and O–H groups in total. The van der Waals surface area contributed by atoms with Gasteiger partial charge >= 0.3 is 5.97 Å². The van der Waals surface area contributed by atoms with E-state index in [0.29, 0.717) is 0 Å². The molecule has 6 atom stereocenters. The maximum Gasteiger partial charge on any atom is 0.331 e. The highest BCUT2D eigenvalue weighted by molar-refractivity contribution is 5.84. The average Bonchev–Trinajstić information content (AvgIpc) is 2.81. The van der Waals surface area contributed by atoms with Gasteiger partial charge in [-0.15, -0.1) is 0 Å². The minimum absolute atomic E-state index is 0.0646. The molecule has 0 aliphatic carbocycles. The molecule has 108 valence electrons. The SMILES string of the molecule is O=C1C=C[C@H](CO[C@@H]2O[C@H](CO)[C@@H](O)[C@H](O)[C@H]2O)O1. The molecule has 19 heavy (non-hydrogen) atoms. The van der Waals surface area contributed by atoms with Crippen LogP contribution in [0.1, 0.15) is 0 Å². The second kappa shape index (κ2) is 5.95. The van der Waals surface area contributed by atoms with Crippen LogP contribution in [0.4, 0.5) is 0 Å². The van der Waals surface area contributed by atoms with Gasteiger partial charge in [0.15, 0.2) is 6.29 Å². The van der Waals surface area contributed by atoms with E-state index in [-0.39, 0.29) is 6.61 Å². The van der Waals surface area contributed by atoms with Gasteiger partial charge in [0.1, 0.15) is 30.5 Å².